The molecule has 1 N–H and O–H groups in total. The molecule has 1 aromatic carbocycles. The number of piperazine rings is 1. The molecule has 106 valence electrons. The van der Waals surface area contributed by atoms with Gasteiger partial charge in [0.15, 0.2) is 0 Å². The zero-order valence-corrected chi connectivity index (χ0v) is 11.8. The van der Waals surface area contributed by atoms with Crippen LogP contribution in [0.15, 0.2) is 30.3 Å². The second-order valence-electron chi connectivity index (χ2n) is 6.05. The van der Waals surface area contributed by atoms with Gasteiger partial charge in [-0.15, -0.1) is 0 Å². The van der Waals surface area contributed by atoms with Crippen LogP contribution < -0.4 is 5.32 Å². The number of rotatable bonds is 3. The average molecular weight is 268 g/mol. The minimum atomic E-state index is -2.81. The van der Waals surface area contributed by atoms with Crippen molar-refractivity contribution >= 4 is 0 Å². The van der Waals surface area contributed by atoms with E-state index in [1.165, 1.54) is 12.1 Å². The fraction of sp³-hybridized carbons (Fsp3) is 0.600. The summed E-state index contributed by atoms with van der Waals surface area (Å²) in [5.74, 6) is -2.81. The highest BCUT2D eigenvalue weighted by atomic mass is 19.3. The third-order valence-corrected chi connectivity index (χ3v) is 3.82. The van der Waals surface area contributed by atoms with Crippen molar-refractivity contribution in [1.82, 2.24) is 10.2 Å². The average Bonchev–Trinajstić information content (AvgIpc) is 2.35. The second-order valence-corrected chi connectivity index (χ2v) is 6.05. The number of alkyl halides is 2. The van der Waals surface area contributed by atoms with Gasteiger partial charge < -0.3 is 5.32 Å². The number of nitrogens with zero attached hydrogens (tertiary/aromatic N) is 1. The molecule has 1 aliphatic rings. The van der Waals surface area contributed by atoms with E-state index in [-0.39, 0.29) is 23.7 Å². The van der Waals surface area contributed by atoms with Crippen LogP contribution in [-0.2, 0) is 5.92 Å². The molecule has 0 amide bonds. The van der Waals surface area contributed by atoms with Crippen LogP contribution in [0.1, 0.15) is 26.3 Å². The Kier molecular flexibility index (Phi) is 3.92. The predicted molar refractivity (Wildman–Crippen MR) is 73.5 cm³/mol. The van der Waals surface area contributed by atoms with E-state index in [9.17, 15) is 8.78 Å². The number of halogens is 2. The first-order valence-corrected chi connectivity index (χ1v) is 6.73. The Hall–Kier alpha value is -1.00. The third-order valence-electron chi connectivity index (χ3n) is 3.82. The summed E-state index contributed by atoms with van der Waals surface area (Å²) in [4.78, 5) is 1.89. The van der Waals surface area contributed by atoms with E-state index in [2.05, 4.69) is 5.32 Å². The fourth-order valence-electron chi connectivity index (χ4n) is 2.47. The largest absolute Gasteiger partial charge is 0.311 e. The van der Waals surface area contributed by atoms with Crippen molar-refractivity contribution in [3.05, 3.63) is 35.9 Å². The molecule has 1 aromatic rings. The van der Waals surface area contributed by atoms with Crippen molar-refractivity contribution in [2.75, 3.05) is 19.6 Å². The van der Waals surface area contributed by atoms with Gasteiger partial charge in [0, 0.05) is 30.2 Å². The molecule has 0 spiro atoms. The Labute approximate surface area is 113 Å². The summed E-state index contributed by atoms with van der Waals surface area (Å²) in [5, 5.41) is 3.34. The molecule has 1 saturated heterocycles. The lowest BCUT2D eigenvalue weighted by Crippen LogP contribution is -2.62. The Balaban J connectivity index is 2.14. The maximum absolute atomic E-state index is 14.3. The minimum absolute atomic E-state index is 0.0944. The molecule has 0 aromatic heterocycles. The quantitative estimate of drug-likeness (QED) is 0.907. The monoisotopic (exact) mass is 268 g/mol. The van der Waals surface area contributed by atoms with Crippen LogP contribution in [-0.4, -0.2) is 36.1 Å². The lowest BCUT2D eigenvalue weighted by Gasteiger charge is -2.46. The van der Waals surface area contributed by atoms with Crippen molar-refractivity contribution in [3.63, 3.8) is 0 Å². The Morgan fingerprint density at radius 2 is 1.95 bits per heavy atom. The minimum Gasteiger partial charge on any atom is -0.311 e. The third kappa shape index (κ3) is 3.31. The number of benzene rings is 1. The lowest BCUT2D eigenvalue weighted by atomic mass is 9.96. The molecular weight excluding hydrogens is 246 g/mol. The molecule has 2 nitrogen and oxygen atoms in total. The predicted octanol–water partition coefficient (Wildman–Crippen LogP) is 2.85. The molecule has 1 atom stereocenters. The van der Waals surface area contributed by atoms with Crippen LogP contribution in [0.5, 0.6) is 0 Å². The van der Waals surface area contributed by atoms with Gasteiger partial charge in [-0.3, -0.25) is 4.90 Å². The van der Waals surface area contributed by atoms with Crippen molar-refractivity contribution < 1.29 is 8.78 Å². The van der Waals surface area contributed by atoms with Crippen molar-refractivity contribution in [3.8, 4) is 0 Å². The van der Waals surface area contributed by atoms with Gasteiger partial charge in [0.1, 0.15) is 0 Å². The van der Waals surface area contributed by atoms with Crippen LogP contribution in [0.4, 0.5) is 8.78 Å². The molecule has 1 unspecified atom stereocenters. The van der Waals surface area contributed by atoms with Gasteiger partial charge in [-0.2, -0.15) is 8.78 Å². The van der Waals surface area contributed by atoms with E-state index in [0.717, 1.165) is 6.54 Å². The Bertz CT molecular complexity index is 417. The summed E-state index contributed by atoms with van der Waals surface area (Å²) < 4.78 is 28.7. The van der Waals surface area contributed by atoms with Crippen molar-refractivity contribution in [1.29, 1.82) is 0 Å². The standard InChI is InChI=1S/C15H22F2N2/c1-12-9-19(14(2,3)10-18-12)11-15(16,17)13-7-5-4-6-8-13/h4-8,12,18H,9-11H2,1-3H3. The van der Waals surface area contributed by atoms with Crippen LogP contribution in [0.2, 0.25) is 0 Å². The highest BCUT2D eigenvalue weighted by Crippen LogP contribution is 2.32. The maximum atomic E-state index is 14.3. The maximum Gasteiger partial charge on any atom is 0.285 e. The summed E-state index contributed by atoms with van der Waals surface area (Å²) in [6.07, 6.45) is 0. The first-order chi connectivity index (χ1) is 8.81. The van der Waals surface area contributed by atoms with Crippen LogP contribution in [0.3, 0.4) is 0 Å². The number of nitrogens with one attached hydrogen (secondary N) is 1. The molecule has 0 saturated carbocycles. The molecule has 0 radical (unpaired) electrons. The Morgan fingerprint density at radius 3 is 2.58 bits per heavy atom. The van der Waals surface area contributed by atoms with E-state index < -0.39 is 5.92 Å². The first kappa shape index (κ1) is 14.4. The summed E-state index contributed by atoms with van der Waals surface area (Å²) in [6.45, 7) is 7.20. The van der Waals surface area contributed by atoms with E-state index >= 15 is 0 Å². The summed E-state index contributed by atoms with van der Waals surface area (Å²) in [6, 6.07) is 8.33. The lowest BCUT2D eigenvalue weighted by molar-refractivity contribution is -0.0720. The van der Waals surface area contributed by atoms with E-state index in [0.29, 0.717) is 6.54 Å². The van der Waals surface area contributed by atoms with Gasteiger partial charge in [-0.25, -0.2) is 0 Å². The molecule has 1 aliphatic heterocycles. The second kappa shape index (κ2) is 5.17. The van der Waals surface area contributed by atoms with Gasteiger partial charge >= 0.3 is 0 Å². The molecule has 1 fully saturated rings. The molecule has 4 heteroatoms. The van der Waals surface area contributed by atoms with Gasteiger partial charge in [-0.1, -0.05) is 30.3 Å². The van der Waals surface area contributed by atoms with Crippen LogP contribution >= 0.6 is 0 Å². The van der Waals surface area contributed by atoms with E-state index in [1.54, 1.807) is 18.2 Å². The molecule has 0 bridgehead atoms. The van der Waals surface area contributed by atoms with E-state index in [1.807, 2.05) is 25.7 Å². The van der Waals surface area contributed by atoms with Gasteiger partial charge in [0.2, 0.25) is 0 Å². The molecule has 1 heterocycles. The fourth-order valence-corrected chi connectivity index (χ4v) is 2.47. The van der Waals surface area contributed by atoms with Crippen LogP contribution in [0.25, 0.3) is 0 Å². The zero-order chi connectivity index (χ0) is 14.1. The molecular formula is C15H22F2N2. The van der Waals surface area contributed by atoms with Gasteiger partial charge in [0.05, 0.1) is 6.54 Å². The van der Waals surface area contributed by atoms with E-state index in [4.69, 9.17) is 0 Å². The van der Waals surface area contributed by atoms with Crippen LogP contribution in [0, 0.1) is 0 Å². The van der Waals surface area contributed by atoms with Gasteiger partial charge in [0.25, 0.3) is 5.92 Å². The highest BCUT2D eigenvalue weighted by molar-refractivity contribution is 5.20. The highest BCUT2D eigenvalue weighted by Gasteiger charge is 2.41. The first-order valence-electron chi connectivity index (χ1n) is 6.73. The molecule has 19 heavy (non-hydrogen) atoms. The SMILES string of the molecule is CC1CN(CC(F)(F)c2ccccc2)C(C)(C)CN1. The van der Waals surface area contributed by atoms with Crippen molar-refractivity contribution in [2.24, 2.45) is 0 Å². The van der Waals surface area contributed by atoms with Gasteiger partial charge in [-0.05, 0) is 20.8 Å². The summed E-state index contributed by atoms with van der Waals surface area (Å²) in [7, 11) is 0. The van der Waals surface area contributed by atoms with Crippen molar-refractivity contribution in [2.45, 2.75) is 38.3 Å². The summed E-state index contributed by atoms with van der Waals surface area (Å²) >= 11 is 0. The smallest absolute Gasteiger partial charge is 0.285 e. The Morgan fingerprint density at radius 1 is 1.32 bits per heavy atom. The molecule has 0 aliphatic carbocycles. The number of hydrogen-bond donors (Lipinski definition) is 1. The summed E-state index contributed by atoms with van der Waals surface area (Å²) in [5.41, 5.74) is -0.151. The topological polar surface area (TPSA) is 15.3 Å². The molecule has 2 rings (SSSR count). The number of hydrogen-bond acceptors (Lipinski definition) is 2. The normalized spacial score (nSPS) is 24.4. The zero-order valence-electron chi connectivity index (χ0n) is 11.8.